The minimum absolute atomic E-state index is 0.0390. The van der Waals surface area contributed by atoms with Gasteiger partial charge in [-0.05, 0) is 83.9 Å². The van der Waals surface area contributed by atoms with Crippen LogP contribution in [0.25, 0.3) is 11.1 Å². The SMILES string of the molecule is O=C(O)C1C2Cc3cc(OCc4cc(-c5ccc(C6CCN(S(=O)(=O)C7CC7)CC6)cc5)c(C(F)(F)F)cc4F)ncc3C21. The van der Waals surface area contributed by atoms with Crippen molar-refractivity contribution >= 4 is 16.0 Å². The molecule has 3 unspecified atom stereocenters. The third-order valence-electron chi connectivity index (χ3n) is 9.59. The predicted molar refractivity (Wildman–Crippen MR) is 152 cm³/mol. The first-order chi connectivity index (χ1) is 20.9. The van der Waals surface area contributed by atoms with Gasteiger partial charge in [0.15, 0.2) is 0 Å². The molecule has 1 aromatic heterocycles. The number of ether oxygens (including phenoxy) is 1. The number of carbonyl (C=O) groups is 1. The van der Waals surface area contributed by atoms with E-state index in [2.05, 4.69) is 4.98 Å². The second-order valence-electron chi connectivity index (χ2n) is 12.3. The van der Waals surface area contributed by atoms with Gasteiger partial charge < -0.3 is 9.84 Å². The second-order valence-corrected chi connectivity index (χ2v) is 14.5. The summed E-state index contributed by atoms with van der Waals surface area (Å²) < 4.78 is 89.3. The number of benzene rings is 2. The molecule has 2 aromatic carbocycles. The Bertz CT molecular complexity index is 1730. The quantitative estimate of drug-likeness (QED) is 0.301. The summed E-state index contributed by atoms with van der Waals surface area (Å²) in [6.07, 6.45) is 0.0641. The largest absolute Gasteiger partial charge is 0.481 e. The van der Waals surface area contributed by atoms with E-state index in [0.717, 1.165) is 22.8 Å². The molecule has 44 heavy (non-hydrogen) atoms. The molecule has 1 saturated heterocycles. The molecular formula is C32H30F4N2O5S. The molecule has 7 nitrogen and oxygen atoms in total. The Morgan fingerprint density at radius 3 is 2.39 bits per heavy atom. The van der Waals surface area contributed by atoms with Crippen molar-refractivity contribution in [3.8, 4) is 17.0 Å². The summed E-state index contributed by atoms with van der Waals surface area (Å²) in [5, 5.41) is 9.05. The van der Waals surface area contributed by atoms with E-state index >= 15 is 0 Å². The van der Waals surface area contributed by atoms with E-state index in [0.29, 0.717) is 51.3 Å². The Kier molecular flexibility index (Phi) is 7.00. The smallest absolute Gasteiger partial charge is 0.417 e. The van der Waals surface area contributed by atoms with Crippen LogP contribution >= 0.6 is 0 Å². The highest BCUT2D eigenvalue weighted by molar-refractivity contribution is 7.90. The Balaban J connectivity index is 1.07. The minimum atomic E-state index is -4.79. The first-order valence-electron chi connectivity index (χ1n) is 14.7. The normalized spacial score (nSPS) is 23.7. The van der Waals surface area contributed by atoms with Gasteiger partial charge in [-0.1, -0.05) is 24.3 Å². The van der Waals surface area contributed by atoms with E-state index in [4.69, 9.17) is 4.74 Å². The van der Waals surface area contributed by atoms with Crippen LogP contribution in [0.3, 0.4) is 0 Å². The maximum Gasteiger partial charge on any atom is 0.417 e. The maximum absolute atomic E-state index is 14.9. The van der Waals surface area contributed by atoms with Crippen LogP contribution < -0.4 is 4.74 Å². The van der Waals surface area contributed by atoms with Crippen LogP contribution in [0, 0.1) is 17.7 Å². The van der Waals surface area contributed by atoms with Gasteiger partial charge in [0.2, 0.25) is 15.9 Å². The number of hydrogen-bond acceptors (Lipinski definition) is 5. The number of carboxylic acids is 1. The number of piperidine rings is 1. The second kappa shape index (κ2) is 10.5. The van der Waals surface area contributed by atoms with E-state index in [1.807, 2.05) is 0 Å². The van der Waals surface area contributed by atoms with Gasteiger partial charge in [0, 0.05) is 36.8 Å². The zero-order valence-corrected chi connectivity index (χ0v) is 24.4. The molecule has 3 aromatic rings. The molecular weight excluding hydrogens is 600 g/mol. The van der Waals surface area contributed by atoms with Crippen molar-refractivity contribution < 1.29 is 40.6 Å². The number of fused-ring (bicyclic) bond motifs is 3. The standard InChI is InChI=1S/C32H30F4N2O5S/c33-27-14-26(32(34,35)36)23(12-21(27)16-43-28-13-20-11-24-29(25(20)15-37-28)30(24)31(39)40)19-3-1-17(2-4-19)18-7-9-38(10-8-18)44(41,42)22-5-6-22/h1-4,12-15,18,22,24,29-30H,5-11,16H2,(H,39,40). The van der Waals surface area contributed by atoms with Gasteiger partial charge in [-0.15, -0.1) is 0 Å². The third kappa shape index (κ3) is 5.25. The van der Waals surface area contributed by atoms with Crippen molar-refractivity contribution in [1.29, 1.82) is 0 Å². The number of nitrogens with zero attached hydrogens (tertiary/aromatic N) is 2. The minimum Gasteiger partial charge on any atom is -0.481 e. The molecule has 0 amide bonds. The van der Waals surface area contributed by atoms with E-state index in [1.54, 1.807) is 40.8 Å². The van der Waals surface area contributed by atoms with Gasteiger partial charge in [-0.3, -0.25) is 4.79 Å². The van der Waals surface area contributed by atoms with Crippen LogP contribution in [0.2, 0.25) is 0 Å². The summed E-state index contributed by atoms with van der Waals surface area (Å²) in [4.78, 5) is 15.6. The van der Waals surface area contributed by atoms with Gasteiger partial charge in [-0.2, -0.15) is 13.2 Å². The molecule has 12 heteroatoms. The van der Waals surface area contributed by atoms with Crippen molar-refractivity contribution in [1.82, 2.24) is 9.29 Å². The summed E-state index contributed by atoms with van der Waals surface area (Å²) >= 11 is 0. The summed E-state index contributed by atoms with van der Waals surface area (Å²) in [7, 11) is -3.23. The lowest BCUT2D eigenvalue weighted by Gasteiger charge is -2.31. The van der Waals surface area contributed by atoms with E-state index in [9.17, 15) is 35.9 Å². The van der Waals surface area contributed by atoms with Gasteiger partial charge >= 0.3 is 12.1 Å². The summed E-state index contributed by atoms with van der Waals surface area (Å²) in [6.45, 7) is 0.509. The number of pyridine rings is 1. The molecule has 0 spiro atoms. The first-order valence-corrected chi connectivity index (χ1v) is 16.3. The number of rotatable bonds is 8. The van der Waals surface area contributed by atoms with Crippen LogP contribution in [0.4, 0.5) is 17.6 Å². The van der Waals surface area contributed by atoms with E-state index in [1.165, 1.54) is 0 Å². The van der Waals surface area contributed by atoms with Crippen molar-refractivity contribution in [3.05, 3.63) is 82.3 Å². The maximum atomic E-state index is 14.9. The van der Waals surface area contributed by atoms with Crippen LogP contribution in [-0.4, -0.2) is 47.1 Å². The summed E-state index contributed by atoms with van der Waals surface area (Å²) in [5.74, 6) is -1.99. The zero-order valence-electron chi connectivity index (χ0n) is 23.6. The molecule has 1 aliphatic heterocycles. The fourth-order valence-corrected chi connectivity index (χ4v) is 8.87. The highest BCUT2D eigenvalue weighted by Gasteiger charge is 2.60. The van der Waals surface area contributed by atoms with Crippen molar-refractivity contribution in [3.63, 3.8) is 0 Å². The summed E-state index contributed by atoms with van der Waals surface area (Å²) in [5.41, 5.74) is 1.67. The van der Waals surface area contributed by atoms with Gasteiger partial charge in [0.05, 0.1) is 16.7 Å². The number of carboxylic acid groups (broad SMARTS) is 1. The Morgan fingerprint density at radius 2 is 1.75 bits per heavy atom. The highest BCUT2D eigenvalue weighted by Crippen LogP contribution is 2.61. The van der Waals surface area contributed by atoms with Crippen molar-refractivity contribution in [2.24, 2.45) is 11.8 Å². The molecule has 4 aliphatic rings. The van der Waals surface area contributed by atoms with Crippen LogP contribution in [0.15, 0.2) is 48.7 Å². The fourth-order valence-electron chi connectivity index (χ4n) is 6.99. The molecule has 2 heterocycles. The van der Waals surface area contributed by atoms with Gasteiger partial charge in [0.25, 0.3) is 0 Å². The van der Waals surface area contributed by atoms with E-state index in [-0.39, 0.29) is 52.2 Å². The Labute approximate surface area is 251 Å². The molecule has 3 atom stereocenters. The molecule has 0 bridgehead atoms. The average Bonchev–Trinajstić information content (AvgIpc) is 3.92. The first kappa shape index (κ1) is 29.2. The lowest BCUT2D eigenvalue weighted by molar-refractivity contribution is -0.139. The molecule has 2 saturated carbocycles. The molecule has 7 rings (SSSR count). The molecule has 0 radical (unpaired) electrons. The molecule has 1 N–H and O–H groups in total. The van der Waals surface area contributed by atoms with Gasteiger partial charge in [0.1, 0.15) is 12.4 Å². The average molecular weight is 631 g/mol. The van der Waals surface area contributed by atoms with E-state index < -0.39 is 39.5 Å². The molecule has 3 aliphatic carbocycles. The lowest BCUT2D eigenvalue weighted by atomic mass is 9.88. The Hall–Kier alpha value is -3.51. The monoisotopic (exact) mass is 630 g/mol. The number of aromatic nitrogens is 1. The van der Waals surface area contributed by atoms with Crippen molar-refractivity contribution in [2.45, 2.75) is 62.0 Å². The molecule has 232 valence electrons. The number of sulfonamides is 1. The summed E-state index contributed by atoms with van der Waals surface area (Å²) in [6, 6.07) is 10.0. The number of aliphatic carboxylic acids is 1. The number of halogens is 4. The zero-order chi connectivity index (χ0) is 31.0. The van der Waals surface area contributed by atoms with Crippen LogP contribution in [-0.2, 0) is 34.0 Å². The Morgan fingerprint density at radius 1 is 1.05 bits per heavy atom. The topological polar surface area (TPSA) is 96.8 Å². The van der Waals surface area contributed by atoms with Crippen LogP contribution in [0.5, 0.6) is 5.88 Å². The molecule has 3 fully saturated rings. The highest BCUT2D eigenvalue weighted by atomic mass is 32.2. The van der Waals surface area contributed by atoms with Crippen LogP contribution in [0.1, 0.15) is 65.3 Å². The predicted octanol–water partition coefficient (Wildman–Crippen LogP) is 6.13. The fraction of sp³-hybridized carbons (Fsp3) is 0.438. The number of hydrogen-bond donors (Lipinski definition) is 1. The third-order valence-corrected chi connectivity index (χ3v) is 12.0. The van der Waals surface area contributed by atoms with Gasteiger partial charge in [-0.25, -0.2) is 22.1 Å². The van der Waals surface area contributed by atoms with Crippen molar-refractivity contribution in [2.75, 3.05) is 13.1 Å². The number of alkyl halides is 3. The lowest BCUT2D eigenvalue weighted by Crippen LogP contribution is -2.39.